The molecule has 0 aliphatic heterocycles. The van der Waals surface area contributed by atoms with E-state index in [1.165, 1.54) is 18.1 Å². The molecule has 0 spiro atoms. The number of nitrogens with zero attached hydrogens (tertiary/aromatic N) is 7. The highest BCUT2D eigenvalue weighted by molar-refractivity contribution is 7.99. The maximum absolute atomic E-state index is 5.97. The maximum Gasteiger partial charge on any atom is 0.253 e. The first kappa shape index (κ1) is 20.0. The molecule has 3 heterocycles. The molecule has 0 radical (unpaired) electrons. The highest BCUT2D eigenvalue weighted by Crippen LogP contribution is 2.30. The summed E-state index contributed by atoms with van der Waals surface area (Å²) < 4.78 is 14.8. The van der Waals surface area contributed by atoms with Gasteiger partial charge in [0.1, 0.15) is 29.5 Å². The number of ether oxygens (including phenoxy) is 2. The summed E-state index contributed by atoms with van der Waals surface area (Å²) in [7, 11) is 1.63. The van der Waals surface area contributed by atoms with Gasteiger partial charge in [-0.15, -0.1) is 10.2 Å². The van der Waals surface area contributed by atoms with Gasteiger partial charge in [-0.3, -0.25) is 4.57 Å². The lowest BCUT2D eigenvalue weighted by Crippen LogP contribution is -2.07. The van der Waals surface area contributed by atoms with E-state index in [0.29, 0.717) is 16.8 Å². The Morgan fingerprint density at radius 1 is 0.969 bits per heavy atom. The highest BCUT2D eigenvalue weighted by atomic mass is 32.2. The molecule has 0 saturated heterocycles. The van der Waals surface area contributed by atoms with Gasteiger partial charge in [0, 0.05) is 11.4 Å². The summed E-state index contributed by atoms with van der Waals surface area (Å²) >= 11 is 1.44. The monoisotopic (exact) mass is 445 g/mol. The third-order valence-electron chi connectivity index (χ3n) is 4.69. The molecule has 5 rings (SSSR count). The van der Waals surface area contributed by atoms with Crippen molar-refractivity contribution in [3.8, 4) is 17.2 Å². The van der Waals surface area contributed by atoms with Crippen LogP contribution in [0.2, 0.25) is 0 Å². The van der Waals surface area contributed by atoms with Crippen molar-refractivity contribution in [3.63, 3.8) is 0 Å². The van der Waals surface area contributed by atoms with Crippen LogP contribution in [0.25, 0.3) is 11.5 Å². The van der Waals surface area contributed by atoms with Crippen molar-refractivity contribution < 1.29 is 9.47 Å². The van der Waals surface area contributed by atoms with Gasteiger partial charge in [0.05, 0.1) is 7.11 Å². The third kappa shape index (κ3) is 4.00. The van der Waals surface area contributed by atoms with Crippen molar-refractivity contribution >= 4 is 17.5 Å². The van der Waals surface area contributed by atoms with Gasteiger partial charge >= 0.3 is 0 Å². The van der Waals surface area contributed by atoms with Gasteiger partial charge in [-0.1, -0.05) is 18.2 Å². The number of benzene rings is 2. The summed E-state index contributed by atoms with van der Waals surface area (Å²) in [6.45, 7) is 2.18. The average molecular weight is 446 g/mol. The number of rotatable bonds is 7. The number of methoxy groups -OCH3 is 1. The lowest BCUT2D eigenvalue weighted by atomic mass is 10.3. The summed E-state index contributed by atoms with van der Waals surface area (Å²) in [4.78, 5) is 8.60. The standard InChI is InChI=1S/C22H19N7O2S/c1-15-12-20(29-21(25-15)23-14-24-29)32-22-27-26-19(28(22)16-6-4-3-5-7-16)13-31-18-10-8-17(30-2)9-11-18/h3-12,14H,13H2,1-2H3. The zero-order valence-electron chi connectivity index (χ0n) is 17.4. The maximum atomic E-state index is 5.97. The second-order valence-corrected chi connectivity index (χ2v) is 7.83. The molecule has 160 valence electrons. The van der Waals surface area contributed by atoms with E-state index in [0.717, 1.165) is 27.9 Å². The lowest BCUT2D eigenvalue weighted by Gasteiger charge is -2.12. The zero-order chi connectivity index (χ0) is 21.9. The Labute approximate surface area is 188 Å². The Kier molecular flexibility index (Phi) is 5.42. The predicted octanol–water partition coefficient (Wildman–Crippen LogP) is 3.75. The van der Waals surface area contributed by atoms with E-state index in [4.69, 9.17) is 9.47 Å². The summed E-state index contributed by atoms with van der Waals surface area (Å²) in [6.07, 6.45) is 1.49. The van der Waals surface area contributed by atoms with Gasteiger partial charge in [-0.05, 0) is 61.2 Å². The van der Waals surface area contributed by atoms with Gasteiger partial charge in [-0.25, -0.2) is 4.98 Å². The summed E-state index contributed by atoms with van der Waals surface area (Å²) in [5.41, 5.74) is 1.79. The third-order valence-corrected chi connectivity index (χ3v) is 5.63. The minimum atomic E-state index is 0.253. The molecule has 10 heteroatoms. The van der Waals surface area contributed by atoms with Gasteiger partial charge in [0.15, 0.2) is 5.82 Å². The molecular formula is C22H19N7O2S. The van der Waals surface area contributed by atoms with Gasteiger partial charge in [0.25, 0.3) is 5.78 Å². The molecular weight excluding hydrogens is 426 g/mol. The first-order valence-corrected chi connectivity index (χ1v) is 10.6. The fraction of sp³-hybridized carbons (Fsp3) is 0.136. The largest absolute Gasteiger partial charge is 0.497 e. The molecule has 0 fully saturated rings. The van der Waals surface area contributed by atoms with E-state index < -0.39 is 0 Å². The summed E-state index contributed by atoms with van der Waals surface area (Å²) in [6, 6.07) is 19.3. The van der Waals surface area contributed by atoms with E-state index in [1.807, 2.05) is 72.2 Å². The van der Waals surface area contributed by atoms with Crippen LogP contribution in [0.4, 0.5) is 0 Å². The Bertz CT molecular complexity index is 1350. The molecule has 0 aliphatic carbocycles. The minimum Gasteiger partial charge on any atom is -0.497 e. The Balaban J connectivity index is 1.49. The number of aromatic nitrogens is 7. The first-order valence-electron chi connectivity index (χ1n) is 9.83. The van der Waals surface area contributed by atoms with E-state index in [-0.39, 0.29) is 6.61 Å². The van der Waals surface area contributed by atoms with Crippen LogP contribution in [0.15, 0.2) is 77.2 Å². The van der Waals surface area contributed by atoms with E-state index >= 15 is 0 Å². The topological polar surface area (TPSA) is 92.2 Å². The highest BCUT2D eigenvalue weighted by Gasteiger charge is 2.18. The van der Waals surface area contributed by atoms with Crippen LogP contribution in [-0.2, 0) is 6.61 Å². The second-order valence-electron chi connectivity index (χ2n) is 6.84. The number of fused-ring (bicyclic) bond motifs is 1. The van der Waals surface area contributed by atoms with Crippen molar-refractivity contribution in [1.29, 1.82) is 0 Å². The average Bonchev–Trinajstić information content (AvgIpc) is 3.45. The van der Waals surface area contributed by atoms with Crippen molar-refractivity contribution in [2.75, 3.05) is 7.11 Å². The summed E-state index contributed by atoms with van der Waals surface area (Å²) in [5, 5.41) is 14.7. The van der Waals surface area contributed by atoms with Crippen LogP contribution in [0.1, 0.15) is 11.5 Å². The number of aryl methyl sites for hydroxylation is 1. The van der Waals surface area contributed by atoms with Crippen molar-refractivity contribution in [1.82, 2.24) is 34.3 Å². The summed E-state index contributed by atoms with van der Waals surface area (Å²) in [5.74, 6) is 2.71. The quantitative estimate of drug-likeness (QED) is 0.350. The van der Waals surface area contributed by atoms with Gasteiger partial charge < -0.3 is 9.47 Å². The molecule has 0 N–H and O–H groups in total. The molecule has 5 aromatic rings. The minimum absolute atomic E-state index is 0.253. The van der Waals surface area contributed by atoms with Crippen molar-refractivity contribution in [2.24, 2.45) is 0 Å². The van der Waals surface area contributed by atoms with Gasteiger partial charge in [-0.2, -0.15) is 14.6 Å². The molecule has 0 atom stereocenters. The van der Waals surface area contributed by atoms with Crippen LogP contribution in [0.5, 0.6) is 11.5 Å². The Morgan fingerprint density at radius 3 is 2.53 bits per heavy atom. The second kappa shape index (κ2) is 8.67. The smallest absolute Gasteiger partial charge is 0.253 e. The van der Waals surface area contributed by atoms with Crippen LogP contribution in [0, 0.1) is 6.92 Å². The van der Waals surface area contributed by atoms with E-state index in [2.05, 4.69) is 25.3 Å². The normalized spacial score (nSPS) is 11.1. The van der Waals surface area contributed by atoms with Crippen LogP contribution in [0.3, 0.4) is 0 Å². The predicted molar refractivity (Wildman–Crippen MR) is 118 cm³/mol. The zero-order valence-corrected chi connectivity index (χ0v) is 18.2. The van der Waals surface area contributed by atoms with Gasteiger partial charge in [0.2, 0.25) is 5.16 Å². The molecule has 0 amide bonds. The van der Waals surface area contributed by atoms with Crippen molar-refractivity contribution in [3.05, 3.63) is 78.5 Å². The van der Waals surface area contributed by atoms with Crippen LogP contribution >= 0.6 is 11.8 Å². The molecule has 3 aromatic heterocycles. The number of hydrogen-bond donors (Lipinski definition) is 0. The van der Waals surface area contributed by atoms with Crippen LogP contribution < -0.4 is 9.47 Å². The van der Waals surface area contributed by atoms with E-state index in [9.17, 15) is 0 Å². The SMILES string of the molecule is COc1ccc(OCc2nnc(Sc3cc(C)nc4ncnn34)n2-c2ccccc2)cc1. The molecule has 2 aromatic carbocycles. The lowest BCUT2D eigenvalue weighted by molar-refractivity contribution is 0.292. The Hall–Kier alpha value is -3.92. The molecule has 0 bridgehead atoms. The number of para-hydroxylation sites is 1. The van der Waals surface area contributed by atoms with E-state index in [1.54, 1.807) is 11.6 Å². The molecule has 0 saturated carbocycles. The Morgan fingerprint density at radius 2 is 1.75 bits per heavy atom. The molecule has 32 heavy (non-hydrogen) atoms. The molecule has 0 aliphatic rings. The molecule has 9 nitrogen and oxygen atoms in total. The fourth-order valence-corrected chi connectivity index (χ4v) is 4.19. The molecule has 0 unspecified atom stereocenters. The van der Waals surface area contributed by atoms with Crippen LogP contribution in [-0.4, -0.2) is 41.5 Å². The first-order chi connectivity index (χ1) is 15.7. The van der Waals surface area contributed by atoms with Crippen molar-refractivity contribution in [2.45, 2.75) is 23.7 Å². The number of hydrogen-bond acceptors (Lipinski definition) is 8. The fourth-order valence-electron chi connectivity index (χ4n) is 3.18.